The normalized spacial score (nSPS) is 24.1. The molecule has 0 unspecified atom stereocenters. The Hall–Kier alpha value is -0.340. The standard InChI is InChI=1S/C7H11F3O4S/c8-7(9,10)15(11,12)14-5-6-3-1-2-4-13-6/h6H,1-5H2/t6-/m1/s1. The Labute approximate surface area is 85.5 Å². The van der Waals surface area contributed by atoms with Gasteiger partial charge < -0.3 is 4.74 Å². The Morgan fingerprint density at radius 3 is 2.47 bits per heavy atom. The van der Waals surface area contributed by atoms with E-state index in [1.54, 1.807) is 0 Å². The molecule has 1 atom stereocenters. The average molecular weight is 248 g/mol. The van der Waals surface area contributed by atoms with Gasteiger partial charge in [0.1, 0.15) is 0 Å². The van der Waals surface area contributed by atoms with Crippen LogP contribution in [0.3, 0.4) is 0 Å². The Kier molecular flexibility index (Phi) is 3.96. The van der Waals surface area contributed by atoms with Gasteiger partial charge in [-0.2, -0.15) is 21.6 Å². The molecule has 90 valence electrons. The summed E-state index contributed by atoms with van der Waals surface area (Å²) in [6, 6.07) is 0. The van der Waals surface area contributed by atoms with Gasteiger partial charge in [-0.25, -0.2) is 0 Å². The first-order valence-corrected chi connectivity index (χ1v) is 5.81. The summed E-state index contributed by atoms with van der Waals surface area (Å²) in [5.41, 5.74) is -5.36. The molecule has 1 rings (SSSR count). The van der Waals surface area contributed by atoms with Gasteiger partial charge in [0.25, 0.3) is 0 Å². The Morgan fingerprint density at radius 1 is 1.33 bits per heavy atom. The maximum Gasteiger partial charge on any atom is 0.523 e. The molecule has 0 bridgehead atoms. The second-order valence-corrected chi connectivity index (χ2v) is 4.78. The highest BCUT2D eigenvalue weighted by molar-refractivity contribution is 7.87. The summed E-state index contributed by atoms with van der Waals surface area (Å²) in [6.07, 6.45) is 1.60. The van der Waals surface area contributed by atoms with Gasteiger partial charge in [-0.1, -0.05) is 0 Å². The summed E-state index contributed by atoms with van der Waals surface area (Å²) < 4.78 is 65.4. The van der Waals surface area contributed by atoms with E-state index in [0.29, 0.717) is 13.0 Å². The van der Waals surface area contributed by atoms with Crippen LogP contribution in [0.15, 0.2) is 0 Å². The summed E-state index contributed by atoms with van der Waals surface area (Å²) in [7, 11) is -5.48. The van der Waals surface area contributed by atoms with Crippen LogP contribution in [-0.2, 0) is 19.0 Å². The lowest BCUT2D eigenvalue weighted by molar-refractivity contribution is -0.0614. The smallest absolute Gasteiger partial charge is 0.376 e. The van der Waals surface area contributed by atoms with Crippen molar-refractivity contribution in [2.75, 3.05) is 13.2 Å². The topological polar surface area (TPSA) is 52.6 Å². The first-order valence-electron chi connectivity index (χ1n) is 4.40. The maximum atomic E-state index is 11.8. The van der Waals surface area contributed by atoms with Gasteiger partial charge >= 0.3 is 15.6 Å². The highest BCUT2D eigenvalue weighted by Crippen LogP contribution is 2.25. The van der Waals surface area contributed by atoms with E-state index in [4.69, 9.17) is 4.74 Å². The largest absolute Gasteiger partial charge is 0.523 e. The van der Waals surface area contributed by atoms with Gasteiger partial charge in [-0.3, -0.25) is 4.18 Å². The Bertz CT molecular complexity index is 292. The molecule has 1 aliphatic heterocycles. The quantitative estimate of drug-likeness (QED) is 0.560. The van der Waals surface area contributed by atoms with Crippen molar-refractivity contribution in [1.29, 1.82) is 0 Å². The molecule has 15 heavy (non-hydrogen) atoms. The minimum absolute atomic E-state index is 0.431. The molecular formula is C7H11F3O4S. The van der Waals surface area contributed by atoms with E-state index in [1.807, 2.05) is 0 Å². The minimum Gasteiger partial charge on any atom is -0.376 e. The molecule has 1 fully saturated rings. The molecule has 4 nitrogen and oxygen atoms in total. The zero-order valence-corrected chi connectivity index (χ0v) is 8.60. The minimum atomic E-state index is -5.48. The molecule has 0 spiro atoms. The van der Waals surface area contributed by atoms with Crippen molar-refractivity contribution in [3.05, 3.63) is 0 Å². The molecule has 0 saturated carbocycles. The molecule has 0 aromatic heterocycles. The maximum absolute atomic E-state index is 11.8. The van der Waals surface area contributed by atoms with Gasteiger partial charge in [0.15, 0.2) is 0 Å². The fraction of sp³-hybridized carbons (Fsp3) is 1.00. The van der Waals surface area contributed by atoms with E-state index in [9.17, 15) is 21.6 Å². The molecule has 1 aliphatic rings. The van der Waals surface area contributed by atoms with Gasteiger partial charge in [-0.05, 0) is 19.3 Å². The number of rotatable bonds is 3. The predicted octanol–water partition coefficient (Wildman–Crippen LogP) is 1.42. The molecule has 1 saturated heterocycles. The van der Waals surface area contributed by atoms with Crippen LogP contribution in [0, 0.1) is 0 Å². The predicted molar refractivity (Wildman–Crippen MR) is 44.5 cm³/mol. The summed E-state index contributed by atoms with van der Waals surface area (Å²) in [6.45, 7) is -0.137. The lowest BCUT2D eigenvalue weighted by Gasteiger charge is -2.22. The van der Waals surface area contributed by atoms with Gasteiger partial charge in [0, 0.05) is 6.61 Å². The van der Waals surface area contributed by atoms with Crippen molar-refractivity contribution in [3.8, 4) is 0 Å². The highest BCUT2D eigenvalue weighted by atomic mass is 32.2. The van der Waals surface area contributed by atoms with E-state index >= 15 is 0 Å². The lowest BCUT2D eigenvalue weighted by atomic mass is 10.1. The molecule has 8 heteroatoms. The Morgan fingerprint density at radius 2 is 2.00 bits per heavy atom. The van der Waals surface area contributed by atoms with Crippen molar-refractivity contribution in [1.82, 2.24) is 0 Å². The fourth-order valence-corrected chi connectivity index (χ4v) is 1.64. The number of ether oxygens (including phenoxy) is 1. The van der Waals surface area contributed by atoms with Crippen molar-refractivity contribution in [3.63, 3.8) is 0 Å². The molecular weight excluding hydrogens is 237 g/mol. The van der Waals surface area contributed by atoms with Gasteiger partial charge in [-0.15, -0.1) is 0 Å². The van der Waals surface area contributed by atoms with Crippen molar-refractivity contribution < 1.29 is 30.5 Å². The summed E-state index contributed by atoms with van der Waals surface area (Å²) in [4.78, 5) is 0. The molecule has 0 aliphatic carbocycles. The third kappa shape index (κ3) is 3.62. The number of halogens is 3. The first-order chi connectivity index (χ1) is 6.83. The Balaban J connectivity index is 2.42. The summed E-state index contributed by atoms with van der Waals surface area (Å²) >= 11 is 0. The number of alkyl halides is 3. The third-order valence-electron chi connectivity index (χ3n) is 1.97. The van der Waals surface area contributed by atoms with Crippen LogP contribution in [0.25, 0.3) is 0 Å². The van der Waals surface area contributed by atoms with Gasteiger partial charge in [0.2, 0.25) is 0 Å². The van der Waals surface area contributed by atoms with E-state index in [1.165, 1.54) is 0 Å². The van der Waals surface area contributed by atoms with Crippen LogP contribution in [0.1, 0.15) is 19.3 Å². The van der Waals surface area contributed by atoms with Crippen LogP contribution in [0.5, 0.6) is 0 Å². The monoisotopic (exact) mass is 248 g/mol. The summed E-state index contributed by atoms with van der Waals surface area (Å²) in [5, 5.41) is 0. The van der Waals surface area contributed by atoms with Crippen molar-refractivity contribution in [2.45, 2.75) is 30.9 Å². The third-order valence-corrected chi connectivity index (χ3v) is 2.98. The molecule has 0 aromatic carbocycles. The molecule has 0 radical (unpaired) electrons. The number of hydrogen-bond donors (Lipinski definition) is 0. The zero-order valence-electron chi connectivity index (χ0n) is 7.79. The van der Waals surface area contributed by atoms with E-state index in [2.05, 4.69) is 4.18 Å². The summed E-state index contributed by atoms with van der Waals surface area (Å²) in [5.74, 6) is 0. The second-order valence-electron chi connectivity index (χ2n) is 3.17. The SMILES string of the molecule is O=S(=O)(OC[C@H]1CCCCO1)C(F)(F)F. The molecule has 1 heterocycles. The van der Waals surface area contributed by atoms with Crippen LogP contribution in [0.4, 0.5) is 13.2 Å². The van der Waals surface area contributed by atoms with Crippen LogP contribution in [0.2, 0.25) is 0 Å². The lowest BCUT2D eigenvalue weighted by Crippen LogP contribution is -2.31. The average Bonchev–Trinajstić information content (AvgIpc) is 2.15. The fourth-order valence-electron chi connectivity index (χ4n) is 1.17. The first kappa shape index (κ1) is 12.7. The highest BCUT2D eigenvalue weighted by Gasteiger charge is 2.47. The van der Waals surface area contributed by atoms with E-state index in [0.717, 1.165) is 12.8 Å². The van der Waals surface area contributed by atoms with Crippen molar-refractivity contribution in [2.24, 2.45) is 0 Å². The van der Waals surface area contributed by atoms with E-state index < -0.39 is 28.3 Å². The number of hydrogen-bond acceptors (Lipinski definition) is 4. The van der Waals surface area contributed by atoms with Crippen LogP contribution >= 0.6 is 0 Å². The van der Waals surface area contributed by atoms with Crippen LogP contribution in [-0.4, -0.2) is 33.2 Å². The van der Waals surface area contributed by atoms with E-state index in [-0.39, 0.29) is 0 Å². The van der Waals surface area contributed by atoms with Crippen LogP contribution < -0.4 is 0 Å². The molecule has 0 amide bonds. The van der Waals surface area contributed by atoms with Gasteiger partial charge in [0.05, 0.1) is 12.7 Å². The second kappa shape index (κ2) is 4.67. The molecule has 0 aromatic rings. The van der Waals surface area contributed by atoms with Crippen molar-refractivity contribution >= 4 is 10.1 Å². The zero-order chi connectivity index (χ0) is 11.5. The molecule has 0 N–H and O–H groups in total.